The number of piperidine rings is 1. The smallest absolute Gasteiger partial charge is 0.336 e. The van der Waals surface area contributed by atoms with Crippen LogP contribution in [0.2, 0.25) is 0 Å². The van der Waals surface area contributed by atoms with Crippen molar-refractivity contribution in [3.63, 3.8) is 0 Å². The molecule has 102 valence electrons. The maximum Gasteiger partial charge on any atom is 0.336 e. The minimum atomic E-state index is -0.979. The number of aryl methyl sites for hydroxylation is 1. The molecule has 0 saturated carbocycles. The van der Waals surface area contributed by atoms with E-state index in [1.165, 1.54) is 6.07 Å². The van der Waals surface area contributed by atoms with Gasteiger partial charge in [-0.3, -0.25) is 4.79 Å². The van der Waals surface area contributed by atoms with Crippen molar-refractivity contribution in [2.75, 3.05) is 18.4 Å². The molecule has 1 aliphatic heterocycles. The van der Waals surface area contributed by atoms with Gasteiger partial charge in [0.2, 0.25) is 5.91 Å². The summed E-state index contributed by atoms with van der Waals surface area (Å²) in [6.07, 6.45) is 1.86. The standard InChI is InChI=1S/C14H18N2O3/c1-9-4-5-11(7-12(9)14(18)19)16-13(17)10-3-2-6-15-8-10/h4-5,7,10,15H,2-3,6,8H2,1H3,(H,16,17)(H,18,19)/t10-/m0/s1. The van der Waals surface area contributed by atoms with Crippen molar-refractivity contribution in [3.8, 4) is 0 Å². The third kappa shape index (κ3) is 3.32. The van der Waals surface area contributed by atoms with E-state index >= 15 is 0 Å². The average molecular weight is 262 g/mol. The zero-order valence-electron chi connectivity index (χ0n) is 10.9. The van der Waals surface area contributed by atoms with Gasteiger partial charge in [0.15, 0.2) is 0 Å². The van der Waals surface area contributed by atoms with Crippen LogP contribution in [-0.2, 0) is 4.79 Å². The molecule has 1 aliphatic rings. The van der Waals surface area contributed by atoms with E-state index in [0.717, 1.165) is 19.4 Å². The van der Waals surface area contributed by atoms with Gasteiger partial charge in [0, 0.05) is 12.2 Å². The molecule has 5 nitrogen and oxygen atoms in total. The fraction of sp³-hybridized carbons (Fsp3) is 0.429. The molecule has 0 aliphatic carbocycles. The molecule has 1 aromatic rings. The van der Waals surface area contributed by atoms with Gasteiger partial charge < -0.3 is 15.7 Å². The van der Waals surface area contributed by atoms with Crippen LogP contribution in [0.3, 0.4) is 0 Å². The predicted molar refractivity (Wildman–Crippen MR) is 72.4 cm³/mol. The van der Waals surface area contributed by atoms with Crippen molar-refractivity contribution in [3.05, 3.63) is 29.3 Å². The van der Waals surface area contributed by atoms with Gasteiger partial charge in [-0.15, -0.1) is 0 Å². The number of carboxylic acids is 1. The van der Waals surface area contributed by atoms with Crippen molar-refractivity contribution in [2.24, 2.45) is 5.92 Å². The molecule has 0 aromatic heterocycles. The molecule has 1 amide bonds. The summed E-state index contributed by atoms with van der Waals surface area (Å²) in [6, 6.07) is 4.94. The van der Waals surface area contributed by atoms with Crippen LogP contribution in [0.25, 0.3) is 0 Å². The molecule has 0 spiro atoms. The molecule has 1 aromatic carbocycles. The number of benzene rings is 1. The van der Waals surface area contributed by atoms with Crippen LogP contribution in [0, 0.1) is 12.8 Å². The first-order chi connectivity index (χ1) is 9.08. The number of nitrogens with one attached hydrogen (secondary N) is 2. The number of anilines is 1. The first-order valence-corrected chi connectivity index (χ1v) is 6.43. The maximum absolute atomic E-state index is 12.0. The lowest BCUT2D eigenvalue weighted by molar-refractivity contribution is -0.120. The Balaban J connectivity index is 2.08. The van der Waals surface area contributed by atoms with E-state index in [2.05, 4.69) is 10.6 Å². The van der Waals surface area contributed by atoms with Gasteiger partial charge in [-0.05, 0) is 44.0 Å². The van der Waals surface area contributed by atoms with Crippen LogP contribution < -0.4 is 10.6 Å². The molecule has 0 unspecified atom stereocenters. The van der Waals surface area contributed by atoms with Crippen LogP contribution in [0.4, 0.5) is 5.69 Å². The largest absolute Gasteiger partial charge is 0.478 e. The van der Waals surface area contributed by atoms with Crippen LogP contribution in [0.15, 0.2) is 18.2 Å². The zero-order valence-corrected chi connectivity index (χ0v) is 10.9. The normalized spacial score (nSPS) is 18.9. The van der Waals surface area contributed by atoms with Gasteiger partial charge in [-0.1, -0.05) is 6.07 Å². The number of amides is 1. The third-order valence-electron chi connectivity index (χ3n) is 3.40. The highest BCUT2D eigenvalue weighted by Crippen LogP contribution is 2.18. The van der Waals surface area contributed by atoms with Gasteiger partial charge >= 0.3 is 5.97 Å². The van der Waals surface area contributed by atoms with Crippen LogP contribution >= 0.6 is 0 Å². The van der Waals surface area contributed by atoms with Crippen LogP contribution in [0.1, 0.15) is 28.8 Å². The van der Waals surface area contributed by atoms with Gasteiger partial charge in [-0.2, -0.15) is 0 Å². The molecule has 1 fully saturated rings. The van der Waals surface area contributed by atoms with Crippen LogP contribution in [0.5, 0.6) is 0 Å². The molecular weight excluding hydrogens is 244 g/mol. The van der Waals surface area contributed by atoms with Crippen molar-refractivity contribution >= 4 is 17.6 Å². The molecule has 0 radical (unpaired) electrons. The monoisotopic (exact) mass is 262 g/mol. The third-order valence-corrected chi connectivity index (χ3v) is 3.40. The average Bonchev–Trinajstić information content (AvgIpc) is 2.41. The summed E-state index contributed by atoms with van der Waals surface area (Å²) in [4.78, 5) is 23.1. The summed E-state index contributed by atoms with van der Waals surface area (Å²) in [6.45, 7) is 3.38. The summed E-state index contributed by atoms with van der Waals surface area (Å²) in [5.74, 6) is -1.07. The fourth-order valence-electron chi connectivity index (χ4n) is 2.25. The molecule has 0 bridgehead atoms. The topological polar surface area (TPSA) is 78.4 Å². The van der Waals surface area contributed by atoms with E-state index in [9.17, 15) is 9.59 Å². The SMILES string of the molecule is Cc1ccc(NC(=O)[C@H]2CCCNC2)cc1C(=O)O. The fourth-order valence-corrected chi connectivity index (χ4v) is 2.25. The van der Waals surface area contributed by atoms with E-state index in [-0.39, 0.29) is 17.4 Å². The van der Waals surface area contributed by atoms with Crippen molar-refractivity contribution < 1.29 is 14.7 Å². The second-order valence-corrected chi connectivity index (χ2v) is 4.87. The lowest BCUT2D eigenvalue weighted by atomic mass is 9.98. The Labute approximate surface area is 112 Å². The summed E-state index contributed by atoms with van der Waals surface area (Å²) in [7, 11) is 0. The Kier molecular flexibility index (Phi) is 4.16. The van der Waals surface area contributed by atoms with Crippen molar-refractivity contribution in [1.29, 1.82) is 0 Å². The van der Waals surface area contributed by atoms with E-state index in [4.69, 9.17) is 5.11 Å². The Morgan fingerprint density at radius 3 is 2.84 bits per heavy atom. The van der Waals surface area contributed by atoms with Crippen molar-refractivity contribution in [2.45, 2.75) is 19.8 Å². The number of hydrogen-bond acceptors (Lipinski definition) is 3. The molecule has 19 heavy (non-hydrogen) atoms. The summed E-state index contributed by atoms with van der Waals surface area (Å²) >= 11 is 0. The quantitative estimate of drug-likeness (QED) is 0.773. The predicted octanol–water partition coefficient (Wildman–Crippen LogP) is 1.63. The summed E-state index contributed by atoms with van der Waals surface area (Å²) < 4.78 is 0. The molecule has 1 heterocycles. The second-order valence-electron chi connectivity index (χ2n) is 4.87. The number of carboxylic acid groups (broad SMARTS) is 1. The van der Waals surface area contributed by atoms with Gasteiger partial charge in [0.25, 0.3) is 0 Å². The minimum absolute atomic E-state index is 0.0386. The first-order valence-electron chi connectivity index (χ1n) is 6.43. The second kappa shape index (κ2) is 5.84. The molecule has 3 N–H and O–H groups in total. The maximum atomic E-state index is 12.0. The highest BCUT2D eigenvalue weighted by Gasteiger charge is 2.21. The Morgan fingerprint density at radius 2 is 2.21 bits per heavy atom. The Hall–Kier alpha value is -1.88. The number of rotatable bonds is 3. The summed E-state index contributed by atoms with van der Waals surface area (Å²) in [5.41, 5.74) is 1.45. The van der Waals surface area contributed by atoms with Gasteiger partial charge in [0.1, 0.15) is 0 Å². The van der Waals surface area contributed by atoms with E-state index < -0.39 is 5.97 Å². The van der Waals surface area contributed by atoms with Gasteiger partial charge in [0.05, 0.1) is 11.5 Å². The first kappa shape index (κ1) is 13.5. The number of aromatic carboxylic acids is 1. The molecular formula is C14H18N2O3. The van der Waals surface area contributed by atoms with Gasteiger partial charge in [-0.25, -0.2) is 4.79 Å². The zero-order chi connectivity index (χ0) is 13.8. The van der Waals surface area contributed by atoms with E-state index in [1.54, 1.807) is 19.1 Å². The summed E-state index contributed by atoms with van der Waals surface area (Å²) in [5, 5.41) is 15.0. The molecule has 5 heteroatoms. The van der Waals surface area contributed by atoms with E-state index in [1.807, 2.05) is 0 Å². The number of carbonyl (C=O) groups excluding carboxylic acids is 1. The minimum Gasteiger partial charge on any atom is -0.478 e. The highest BCUT2D eigenvalue weighted by molar-refractivity contribution is 5.95. The highest BCUT2D eigenvalue weighted by atomic mass is 16.4. The molecule has 1 atom stereocenters. The lowest BCUT2D eigenvalue weighted by Gasteiger charge is -2.22. The number of carbonyl (C=O) groups is 2. The molecule has 2 rings (SSSR count). The Morgan fingerprint density at radius 1 is 1.42 bits per heavy atom. The van der Waals surface area contributed by atoms with E-state index in [0.29, 0.717) is 17.8 Å². The van der Waals surface area contributed by atoms with Crippen molar-refractivity contribution in [1.82, 2.24) is 5.32 Å². The lowest BCUT2D eigenvalue weighted by Crippen LogP contribution is -2.37. The Bertz CT molecular complexity index is 493. The molecule has 1 saturated heterocycles. The van der Waals surface area contributed by atoms with Crippen LogP contribution in [-0.4, -0.2) is 30.1 Å². The number of hydrogen-bond donors (Lipinski definition) is 3.